The molecule has 18 heavy (non-hydrogen) atoms. The Labute approximate surface area is 103 Å². The summed E-state index contributed by atoms with van der Waals surface area (Å²) < 4.78 is 34.7. The van der Waals surface area contributed by atoms with E-state index in [-0.39, 0.29) is 23.5 Å². The van der Waals surface area contributed by atoms with E-state index >= 15 is 0 Å². The molecule has 0 aliphatic carbocycles. The van der Waals surface area contributed by atoms with Crippen molar-refractivity contribution in [3.63, 3.8) is 0 Å². The van der Waals surface area contributed by atoms with Crippen LogP contribution in [0.15, 0.2) is 12.1 Å². The van der Waals surface area contributed by atoms with Crippen LogP contribution in [0.1, 0.15) is 10.4 Å². The lowest BCUT2D eigenvalue weighted by molar-refractivity contribution is 0.0698. The van der Waals surface area contributed by atoms with Gasteiger partial charge in [-0.05, 0) is 12.1 Å². The van der Waals surface area contributed by atoms with Crippen molar-refractivity contribution in [1.29, 1.82) is 0 Å². The Morgan fingerprint density at radius 2 is 2.06 bits per heavy atom. The van der Waals surface area contributed by atoms with Crippen molar-refractivity contribution in [3.8, 4) is 0 Å². The number of nitrogens with two attached hydrogens (primary N) is 2. The third-order valence-electron chi connectivity index (χ3n) is 2.07. The second-order valence-electron chi connectivity index (χ2n) is 3.52. The van der Waals surface area contributed by atoms with E-state index in [1.807, 2.05) is 0 Å². The minimum Gasteiger partial charge on any atom is -0.478 e. The standard InChI is InChI=1S/C9H12FN3O4S/c10-6-4-7(11)5(9(14)15)3-8(6)13-1-2-18(12,16)17/h3-4,13H,1-2,11H2,(H,14,15)(H2,12,16,17). The van der Waals surface area contributed by atoms with Crippen molar-refractivity contribution < 1.29 is 22.7 Å². The Balaban J connectivity index is 2.89. The Kier molecular flexibility index (Phi) is 4.09. The van der Waals surface area contributed by atoms with E-state index in [1.165, 1.54) is 0 Å². The van der Waals surface area contributed by atoms with E-state index in [1.54, 1.807) is 0 Å². The summed E-state index contributed by atoms with van der Waals surface area (Å²) in [7, 11) is -3.67. The molecule has 0 aliphatic rings. The van der Waals surface area contributed by atoms with Gasteiger partial charge in [-0.25, -0.2) is 22.7 Å². The molecule has 0 fully saturated rings. The molecule has 0 amide bonds. The van der Waals surface area contributed by atoms with Crippen LogP contribution >= 0.6 is 0 Å². The zero-order valence-corrected chi connectivity index (χ0v) is 10.00. The number of benzene rings is 1. The minimum atomic E-state index is -3.67. The number of primary sulfonamides is 1. The summed E-state index contributed by atoms with van der Waals surface area (Å²) in [6, 6.07) is 1.85. The fourth-order valence-electron chi connectivity index (χ4n) is 1.24. The van der Waals surface area contributed by atoms with Gasteiger partial charge in [-0.1, -0.05) is 0 Å². The highest BCUT2D eigenvalue weighted by Gasteiger charge is 2.13. The summed E-state index contributed by atoms with van der Waals surface area (Å²) in [5.74, 6) is -2.48. The molecule has 0 aromatic heterocycles. The zero-order chi connectivity index (χ0) is 13.9. The van der Waals surface area contributed by atoms with Crippen molar-refractivity contribution in [2.75, 3.05) is 23.3 Å². The van der Waals surface area contributed by atoms with Crippen LogP contribution < -0.4 is 16.2 Å². The minimum absolute atomic E-state index is 0.140. The molecule has 0 atom stereocenters. The van der Waals surface area contributed by atoms with Crippen LogP contribution in [0, 0.1) is 5.82 Å². The first kappa shape index (κ1) is 14.2. The van der Waals surface area contributed by atoms with Crippen molar-refractivity contribution in [2.45, 2.75) is 0 Å². The number of carboxylic acid groups (broad SMARTS) is 1. The maximum Gasteiger partial charge on any atom is 0.337 e. The smallest absolute Gasteiger partial charge is 0.337 e. The van der Waals surface area contributed by atoms with E-state index < -0.39 is 27.6 Å². The number of hydrogen-bond donors (Lipinski definition) is 4. The van der Waals surface area contributed by atoms with Gasteiger partial charge in [0.25, 0.3) is 0 Å². The highest BCUT2D eigenvalue weighted by Crippen LogP contribution is 2.22. The molecule has 7 nitrogen and oxygen atoms in total. The predicted octanol–water partition coefficient (Wildman–Crippen LogP) is -0.193. The number of anilines is 2. The third kappa shape index (κ3) is 3.86. The molecule has 0 spiro atoms. The number of nitrogen functional groups attached to an aromatic ring is 1. The molecule has 0 saturated heterocycles. The normalized spacial score (nSPS) is 11.2. The maximum absolute atomic E-state index is 13.4. The number of carboxylic acids is 1. The van der Waals surface area contributed by atoms with Gasteiger partial charge in [0.2, 0.25) is 10.0 Å². The molecule has 0 heterocycles. The molecule has 6 N–H and O–H groups in total. The summed E-state index contributed by atoms with van der Waals surface area (Å²) in [6.07, 6.45) is 0. The average molecular weight is 277 g/mol. The fraction of sp³-hybridized carbons (Fsp3) is 0.222. The number of aromatic carboxylic acids is 1. The molecule has 1 rings (SSSR count). The van der Waals surface area contributed by atoms with Crippen LogP contribution in [0.4, 0.5) is 15.8 Å². The summed E-state index contributed by atoms with van der Waals surface area (Å²) in [6.45, 7) is -0.140. The number of sulfonamides is 1. The molecule has 0 aliphatic heterocycles. The maximum atomic E-state index is 13.4. The fourth-order valence-corrected chi connectivity index (χ4v) is 1.62. The van der Waals surface area contributed by atoms with Gasteiger partial charge in [-0.2, -0.15) is 0 Å². The first-order chi connectivity index (χ1) is 8.20. The highest BCUT2D eigenvalue weighted by atomic mass is 32.2. The van der Waals surface area contributed by atoms with E-state index in [0.29, 0.717) is 0 Å². The van der Waals surface area contributed by atoms with Gasteiger partial charge in [0.15, 0.2) is 0 Å². The van der Waals surface area contributed by atoms with Crippen LogP contribution in [0.5, 0.6) is 0 Å². The number of rotatable bonds is 5. The lowest BCUT2D eigenvalue weighted by atomic mass is 10.1. The van der Waals surface area contributed by atoms with Gasteiger partial charge in [0, 0.05) is 12.2 Å². The molecular weight excluding hydrogens is 265 g/mol. The van der Waals surface area contributed by atoms with Crippen LogP contribution in [-0.4, -0.2) is 31.8 Å². The lowest BCUT2D eigenvalue weighted by Crippen LogP contribution is -2.22. The molecule has 1 aromatic rings. The highest BCUT2D eigenvalue weighted by molar-refractivity contribution is 7.89. The molecular formula is C9H12FN3O4S. The van der Waals surface area contributed by atoms with Crippen molar-refractivity contribution in [1.82, 2.24) is 0 Å². The molecule has 1 aromatic carbocycles. The van der Waals surface area contributed by atoms with Crippen molar-refractivity contribution in [2.24, 2.45) is 5.14 Å². The van der Waals surface area contributed by atoms with Crippen molar-refractivity contribution in [3.05, 3.63) is 23.5 Å². The molecule has 0 radical (unpaired) electrons. The predicted molar refractivity (Wildman–Crippen MR) is 64.2 cm³/mol. The van der Waals surface area contributed by atoms with Gasteiger partial charge in [0.05, 0.1) is 17.0 Å². The summed E-state index contributed by atoms with van der Waals surface area (Å²) >= 11 is 0. The Morgan fingerprint density at radius 3 is 2.56 bits per heavy atom. The van der Waals surface area contributed by atoms with Crippen LogP contribution in [-0.2, 0) is 10.0 Å². The monoisotopic (exact) mass is 277 g/mol. The largest absolute Gasteiger partial charge is 0.478 e. The molecule has 9 heteroatoms. The molecule has 0 unspecified atom stereocenters. The van der Waals surface area contributed by atoms with E-state index in [4.69, 9.17) is 16.0 Å². The number of halogens is 1. The van der Waals surface area contributed by atoms with Gasteiger partial charge >= 0.3 is 5.97 Å². The van der Waals surface area contributed by atoms with Gasteiger partial charge in [-0.15, -0.1) is 0 Å². The van der Waals surface area contributed by atoms with Gasteiger partial charge in [-0.3, -0.25) is 0 Å². The van der Waals surface area contributed by atoms with E-state index in [0.717, 1.165) is 12.1 Å². The van der Waals surface area contributed by atoms with Gasteiger partial charge in [0.1, 0.15) is 5.82 Å². The molecule has 0 bridgehead atoms. The van der Waals surface area contributed by atoms with Crippen LogP contribution in [0.25, 0.3) is 0 Å². The zero-order valence-electron chi connectivity index (χ0n) is 9.18. The van der Waals surface area contributed by atoms with E-state index in [9.17, 15) is 17.6 Å². The topological polar surface area (TPSA) is 136 Å². The molecule has 100 valence electrons. The van der Waals surface area contributed by atoms with Crippen LogP contribution in [0.2, 0.25) is 0 Å². The molecule has 0 saturated carbocycles. The first-order valence-corrected chi connectivity index (χ1v) is 6.49. The SMILES string of the molecule is Nc1cc(F)c(NCCS(N)(=O)=O)cc1C(=O)O. The first-order valence-electron chi connectivity index (χ1n) is 4.77. The summed E-state index contributed by atoms with van der Waals surface area (Å²) in [4.78, 5) is 10.8. The second-order valence-corrected chi connectivity index (χ2v) is 5.25. The average Bonchev–Trinajstić information content (AvgIpc) is 2.18. The lowest BCUT2D eigenvalue weighted by Gasteiger charge is -2.09. The third-order valence-corrected chi connectivity index (χ3v) is 2.84. The Morgan fingerprint density at radius 1 is 1.44 bits per heavy atom. The van der Waals surface area contributed by atoms with Crippen molar-refractivity contribution >= 4 is 27.4 Å². The Hall–Kier alpha value is -1.87. The van der Waals surface area contributed by atoms with E-state index in [2.05, 4.69) is 5.32 Å². The van der Waals surface area contributed by atoms with Gasteiger partial charge < -0.3 is 16.2 Å². The number of nitrogens with one attached hydrogen (secondary N) is 1. The summed E-state index contributed by atoms with van der Waals surface area (Å²) in [5, 5.41) is 16.0. The number of hydrogen-bond acceptors (Lipinski definition) is 5. The quantitative estimate of drug-likeness (QED) is 0.551. The van der Waals surface area contributed by atoms with Crippen LogP contribution in [0.3, 0.4) is 0 Å². The summed E-state index contributed by atoms with van der Waals surface area (Å²) in [5.41, 5.74) is 4.70. The second kappa shape index (κ2) is 5.19. The Bertz CT molecular complexity index is 573. The number of carbonyl (C=O) groups is 1.